The molecule has 182 valence electrons. The third-order valence-electron chi connectivity index (χ3n) is 5.52. The van der Waals surface area contributed by atoms with Crippen LogP contribution in [0, 0.1) is 9.49 Å². The zero-order valence-corrected chi connectivity index (χ0v) is 21.4. The monoisotopic (exact) mass is 573 g/mol. The van der Waals surface area contributed by atoms with Crippen molar-refractivity contribution >= 4 is 46.2 Å². The average Bonchev–Trinajstić information content (AvgIpc) is 3.24. The molecule has 0 saturated carbocycles. The Morgan fingerprint density at radius 2 is 1.82 bits per heavy atom. The smallest absolute Gasteiger partial charge is 0.305 e. The minimum Gasteiger partial charge on any atom is -0.496 e. The number of carbonyl (C=O) groups is 4. The molecule has 0 aromatic heterocycles. The van der Waals surface area contributed by atoms with E-state index in [9.17, 15) is 24.3 Å². The van der Waals surface area contributed by atoms with Gasteiger partial charge in [-0.25, -0.2) is 0 Å². The van der Waals surface area contributed by atoms with Gasteiger partial charge in [-0.3, -0.25) is 24.1 Å². The van der Waals surface area contributed by atoms with Crippen LogP contribution in [0.1, 0.15) is 38.7 Å². The number of ketones is 1. The molecule has 2 amide bonds. The van der Waals surface area contributed by atoms with Crippen molar-refractivity contribution in [2.45, 2.75) is 51.6 Å². The van der Waals surface area contributed by atoms with E-state index in [0.717, 1.165) is 29.5 Å². The van der Waals surface area contributed by atoms with Crippen molar-refractivity contribution in [3.05, 3.63) is 27.3 Å². The Kier molecular flexibility index (Phi) is 10.6. The molecule has 0 unspecified atom stereocenters. The van der Waals surface area contributed by atoms with Crippen LogP contribution in [0.25, 0.3) is 0 Å². The Morgan fingerprint density at radius 1 is 1.15 bits per heavy atom. The molecule has 1 heterocycles. The number of nitrogens with zero attached hydrogens (tertiary/aromatic N) is 1. The van der Waals surface area contributed by atoms with Gasteiger partial charge in [0.15, 0.2) is 5.78 Å². The van der Waals surface area contributed by atoms with Gasteiger partial charge in [-0.1, -0.05) is 13.8 Å². The van der Waals surface area contributed by atoms with Crippen LogP contribution < -0.4 is 15.4 Å². The molecule has 1 saturated heterocycles. The van der Waals surface area contributed by atoms with Crippen LogP contribution >= 0.6 is 22.6 Å². The summed E-state index contributed by atoms with van der Waals surface area (Å²) < 4.78 is 6.26. The lowest BCUT2D eigenvalue weighted by Gasteiger charge is -2.25. The Balaban J connectivity index is 2.06. The highest BCUT2D eigenvalue weighted by Gasteiger charge is 2.31. The normalized spacial score (nSPS) is 15.7. The first kappa shape index (κ1) is 27.0. The van der Waals surface area contributed by atoms with Gasteiger partial charge in [0.1, 0.15) is 11.8 Å². The van der Waals surface area contributed by atoms with Crippen LogP contribution in [0.2, 0.25) is 0 Å². The van der Waals surface area contributed by atoms with E-state index >= 15 is 0 Å². The van der Waals surface area contributed by atoms with E-state index < -0.39 is 30.4 Å². The molecule has 1 aliphatic heterocycles. The Bertz CT molecular complexity index is 870. The van der Waals surface area contributed by atoms with Gasteiger partial charge in [0, 0.05) is 9.13 Å². The molecule has 2 atom stereocenters. The molecule has 2 rings (SSSR count). The van der Waals surface area contributed by atoms with Crippen molar-refractivity contribution < 1.29 is 29.0 Å². The van der Waals surface area contributed by atoms with Crippen molar-refractivity contribution in [2.24, 2.45) is 5.92 Å². The van der Waals surface area contributed by atoms with Crippen LogP contribution in [0.5, 0.6) is 5.75 Å². The first-order valence-electron chi connectivity index (χ1n) is 11.0. The number of likely N-dealkylation sites (tertiary alicyclic amines) is 1. The average molecular weight is 573 g/mol. The van der Waals surface area contributed by atoms with E-state index in [1.807, 2.05) is 17.0 Å². The first-order chi connectivity index (χ1) is 15.6. The number of nitrogens with one attached hydrogen (secondary N) is 2. The van der Waals surface area contributed by atoms with Crippen molar-refractivity contribution in [3.8, 4) is 5.75 Å². The highest BCUT2D eigenvalue weighted by atomic mass is 127. The fraction of sp³-hybridized carbons (Fsp3) is 0.565. The molecule has 10 heteroatoms. The minimum atomic E-state index is -1.18. The molecule has 0 aliphatic carbocycles. The summed E-state index contributed by atoms with van der Waals surface area (Å²) in [5, 5.41) is 14.5. The van der Waals surface area contributed by atoms with Crippen molar-refractivity contribution in [2.75, 3.05) is 26.7 Å². The number of carboxylic acids is 1. The predicted octanol–water partition coefficient (Wildman–Crippen LogP) is 1.61. The van der Waals surface area contributed by atoms with E-state index in [0.29, 0.717) is 11.3 Å². The quantitative estimate of drug-likeness (QED) is 0.325. The van der Waals surface area contributed by atoms with Gasteiger partial charge in [-0.15, -0.1) is 0 Å². The zero-order valence-electron chi connectivity index (χ0n) is 19.2. The lowest BCUT2D eigenvalue weighted by molar-refractivity contribution is -0.141. The third kappa shape index (κ3) is 8.58. The number of Topliss-reactive ketones (excluding diaryl/α,β-unsaturated/α-hetero) is 1. The van der Waals surface area contributed by atoms with Crippen LogP contribution in [0.15, 0.2) is 18.2 Å². The van der Waals surface area contributed by atoms with E-state index in [-0.39, 0.29) is 30.6 Å². The second kappa shape index (κ2) is 12.9. The van der Waals surface area contributed by atoms with Gasteiger partial charge in [0.2, 0.25) is 11.8 Å². The molecule has 0 radical (unpaired) electrons. The number of methoxy groups -OCH3 is 1. The number of carboxylic acid groups (broad SMARTS) is 1. The molecule has 0 spiro atoms. The molecule has 1 aliphatic rings. The van der Waals surface area contributed by atoms with Gasteiger partial charge >= 0.3 is 5.97 Å². The van der Waals surface area contributed by atoms with Crippen molar-refractivity contribution in [3.63, 3.8) is 0 Å². The second-order valence-corrected chi connectivity index (χ2v) is 9.78. The van der Waals surface area contributed by atoms with E-state index in [1.165, 1.54) is 7.11 Å². The third-order valence-corrected chi connectivity index (χ3v) is 6.19. The molecular formula is C23H32IN3O6. The number of amides is 2. The fourth-order valence-corrected chi connectivity index (χ4v) is 4.33. The standard InChI is InChI=1S/C23H32IN3O6/c1-14(2)22(26-20(29)11-15-10-16(24)6-7-19(15)33-3)23(32)25-17(12-21(30)31)18(28)13-27-8-4-5-9-27/h6-7,10,14,17,22H,4-5,8-9,11-13H2,1-3H3,(H,25,32)(H,26,29)(H,30,31)/t17-,22-/m0/s1. The van der Waals surface area contributed by atoms with Crippen LogP contribution in [-0.4, -0.2) is 72.4 Å². The molecule has 3 N–H and O–H groups in total. The van der Waals surface area contributed by atoms with Crippen LogP contribution in [0.4, 0.5) is 0 Å². The summed E-state index contributed by atoms with van der Waals surface area (Å²) in [4.78, 5) is 51.7. The minimum absolute atomic E-state index is 0.0168. The number of aliphatic carboxylic acids is 1. The summed E-state index contributed by atoms with van der Waals surface area (Å²) in [5.74, 6) is -2.16. The zero-order chi connectivity index (χ0) is 24.5. The SMILES string of the molecule is COc1ccc(I)cc1CC(=O)N[C@H](C(=O)N[C@@H](CC(=O)O)C(=O)CN1CCCC1)C(C)C. The molecule has 9 nitrogen and oxygen atoms in total. The van der Waals surface area contributed by atoms with E-state index in [1.54, 1.807) is 19.9 Å². The van der Waals surface area contributed by atoms with E-state index in [2.05, 4.69) is 33.2 Å². The topological polar surface area (TPSA) is 125 Å². The number of rotatable bonds is 12. The highest BCUT2D eigenvalue weighted by molar-refractivity contribution is 14.1. The maximum atomic E-state index is 13.0. The van der Waals surface area contributed by atoms with Crippen molar-refractivity contribution in [1.82, 2.24) is 15.5 Å². The molecule has 1 aromatic carbocycles. The summed E-state index contributed by atoms with van der Waals surface area (Å²) in [6.45, 7) is 5.21. The summed E-state index contributed by atoms with van der Waals surface area (Å²) >= 11 is 2.14. The van der Waals surface area contributed by atoms with Gasteiger partial charge in [0.25, 0.3) is 0 Å². The van der Waals surface area contributed by atoms with Gasteiger partial charge in [0.05, 0.1) is 32.5 Å². The number of benzene rings is 1. The highest BCUT2D eigenvalue weighted by Crippen LogP contribution is 2.21. The lowest BCUT2D eigenvalue weighted by Crippen LogP contribution is -2.55. The molecule has 1 fully saturated rings. The maximum Gasteiger partial charge on any atom is 0.305 e. The molecule has 33 heavy (non-hydrogen) atoms. The Morgan fingerprint density at radius 3 is 2.39 bits per heavy atom. The number of hydrogen-bond acceptors (Lipinski definition) is 6. The van der Waals surface area contributed by atoms with E-state index in [4.69, 9.17) is 4.74 Å². The summed E-state index contributed by atoms with van der Waals surface area (Å²) in [6, 6.07) is 3.42. The largest absolute Gasteiger partial charge is 0.496 e. The molecule has 0 bridgehead atoms. The first-order valence-corrected chi connectivity index (χ1v) is 12.1. The van der Waals surface area contributed by atoms with Crippen LogP contribution in [0.3, 0.4) is 0 Å². The Labute approximate surface area is 207 Å². The lowest BCUT2D eigenvalue weighted by atomic mass is 10.0. The molecular weight excluding hydrogens is 541 g/mol. The van der Waals surface area contributed by atoms with Gasteiger partial charge in [-0.2, -0.15) is 0 Å². The maximum absolute atomic E-state index is 13.0. The number of hydrogen-bond donors (Lipinski definition) is 3. The molecule has 1 aromatic rings. The summed E-state index contributed by atoms with van der Waals surface area (Å²) in [5.41, 5.74) is 0.689. The number of halogens is 1. The van der Waals surface area contributed by atoms with Gasteiger partial charge in [-0.05, 0) is 72.6 Å². The summed E-state index contributed by atoms with van der Waals surface area (Å²) in [7, 11) is 1.52. The summed E-state index contributed by atoms with van der Waals surface area (Å²) in [6.07, 6.45) is 1.51. The Hall–Kier alpha value is -2.21. The van der Waals surface area contributed by atoms with Gasteiger partial charge < -0.3 is 20.5 Å². The van der Waals surface area contributed by atoms with Crippen molar-refractivity contribution in [1.29, 1.82) is 0 Å². The number of carbonyl (C=O) groups excluding carboxylic acids is 3. The van der Waals surface area contributed by atoms with Crippen LogP contribution in [-0.2, 0) is 25.6 Å². The second-order valence-electron chi connectivity index (χ2n) is 8.53. The number of ether oxygens (including phenoxy) is 1. The predicted molar refractivity (Wildman–Crippen MR) is 131 cm³/mol. The fourth-order valence-electron chi connectivity index (χ4n) is 3.77.